The SMILES string of the molecule is CSCC[C@H](NC(=O)CN(C)C(=O)c1cccs1)C(=O)O. The molecule has 116 valence electrons. The van der Waals surface area contributed by atoms with Crippen molar-refractivity contribution in [3.05, 3.63) is 22.4 Å². The fourth-order valence-electron chi connectivity index (χ4n) is 1.61. The van der Waals surface area contributed by atoms with Crippen molar-refractivity contribution in [1.29, 1.82) is 0 Å². The summed E-state index contributed by atoms with van der Waals surface area (Å²) in [5.74, 6) is -1.15. The Morgan fingerprint density at radius 1 is 1.48 bits per heavy atom. The maximum atomic E-state index is 12.0. The van der Waals surface area contributed by atoms with Crippen LogP contribution in [-0.4, -0.2) is 59.4 Å². The smallest absolute Gasteiger partial charge is 0.326 e. The molecule has 0 aliphatic rings. The zero-order valence-corrected chi connectivity index (χ0v) is 13.5. The van der Waals surface area contributed by atoms with Crippen molar-refractivity contribution < 1.29 is 19.5 Å². The molecule has 0 aliphatic carbocycles. The standard InChI is InChI=1S/C13H18N2O4S2/c1-15(12(17)10-4-3-6-21-10)8-11(16)14-9(13(18)19)5-7-20-2/h3-4,6,9H,5,7-8H2,1-2H3,(H,14,16)(H,18,19)/t9-/m0/s1. The van der Waals surface area contributed by atoms with Crippen molar-refractivity contribution in [3.63, 3.8) is 0 Å². The van der Waals surface area contributed by atoms with Gasteiger partial charge in [0.15, 0.2) is 0 Å². The molecule has 0 bridgehead atoms. The second kappa shape index (κ2) is 8.68. The highest BCUT2D eigenvalue weighted by Crippen LogP contribution is 2.10. The number of aliphatic carboxylic acids is 1. The second-order valence-electron chi connectivity index (χ2n) is 4.38. The van der Waals surface area contributed by atoms with Crippen LogP contribution in [0.2, 0.25) is 0 Å². The third-order valence-corrected chi connectivity index (χ3v) is 4.21. The van der Waals surface area contributed by atoms with Crippen LogP contribution in [-0.2, 0) is 9.59 Å². The quantitative estimate of drug-likeness (QED) is 0.746. The molecule has 0 fully saturated rings. The largest absolute Gasteiger partial charge is 0.480 e. The van der Waals surface area contributed by atoms with E-state index in [0.29, 0.717) is 17.1 Å². The van der Waals surface area contributed by atoms with E-state index < -0.39 is 17.9 Å². The Labute approximate surface area is 131 Å². The number of amides is 2. The van der Waals surface area contributed by atoms with Gasteiger partial charge in [-0.25, -0.2) is 4.79 Å². The zero-order valence-electron chi connectivity index (χ0n) is 11.9. The molecule has 1 aromatic rings. The minimum absolute atomic E-state index is 0.167. The van der Waals surface area contributed by atoms with Gasteiger partial charge in [0.1, 0.15) is 6.04 Å². The van der Waals surface area contributed by atoms with Crippen LogP contribution in [0.5, 0.6) is 0 Å². The Kier molecular flexibility index (Phi) is 7.24. The van der Waals surface area contributed by atoms with Crippen molar-refractivity contribution in [2.24, 2.45) is 0 Å². The predicted octanol–water partition coefficient (Wildman–Crippen LogP) is 1.14. The van der Waals surface area contributed by atoms with Crippen LogP contribution >= 0.6 is 23.1 Å². The monoisotopic (exact) mass is 330 g/mol. The zero-order chi connectivity index (χ0) is 15.8. The van der Waals surface area contributed by atoms with Gasteiger partial charge in [0.25, 0.3) is 5.91 Å². The van der Waals surface area contributed by atoms with Gasteiger partial charge in [-0.05, 0) is 29.9 Å². The van der Waals surface area contributed by atoms with Gasteiger partial charge in [0, 0.05) is 7.05 Å². The molecule has 1 heterocycles. The number of nitrogens with one attached hydrogen (secondary N) is 1. The first-order valence-corrected chi connectivity index (χ1v) is 8.53. The average Bonchev–Trinajstić information content (AvgIpc) is 2.96. The molecule has 1 aromatic heterocycles. The van der Waals surface area contributed by atoms with Gasteiger partial charge in [-0.1, -0.05) is 6.07 Å². The number of likely N-dealkylation sites (N-methyl/N-ethyl adjacent to an activating group) is 1. The van der Waals surface area contributed by atoms with Gasteiger partial charge in [-0.15, -0.1) is 11.3 Å². The number of hydrogen-bond donors (Lipinski definition) is 2. The van der Waals surface area contributed by atoms with Gasteiger partial charge in [0.05, 0.1) is 11.4 Å². The number of thiophene rings is 1. The topological polar surface area (TPSA) is 86.7 Å². The molecule has 8 heteroatoms. The summed E-state index contributed by atoms with van der Waals surface area (Å²) in [4.78, 5) is 36.7. The molecule has 0 unspecified atom stereocenters. The Hall–Kier alpha value is -1.54. The number of carboxylic acids is 1. The van der Waals surface area contributed by atoms with Crippen molar-refractivity contribution in [3.8, 4) is 0 Å². The molecule has 1 atom stereocenters. The summed E-state index contributed by atoms with van der Waals surface area (Å²) in [6.07, 6.45) is 2.22. The van der Waals surface area contributed by atoms with Crippen molar-refractivity contribution in [2.45, 2.75) is 12.5 Å². The molecule has 0 radical (unpaired) electrons. The summed E-state index contributed by atoms with van der Waals surface area (Å²) >= 11 is 2.81. The number of nitrogens with zero attached hydrogens (tertiary/aromatic N) is 1. The molecule has 0 aliphatic heterocycles. The van der Waals surface area contributed by atoms with E-state index in [1.807, 2.05) is 6.26 Å². The molecule has 0 saturated heterocycles. The minimum atomic E-state index is -1.07. The van der Waals surface area contributed by atoms with E-state index in [1.54, 1.807) is 17.5 Å². The number of carbonyl (C=O) groups is 3. The minimum Gasteiger partial charge on any atom is -0.480 e. The number of carbonyl (C=O) groups excluding carboxylic acids is 2. The van der Waals surface area contributed by atoms with E-state index in [0.717, 1.165) is 0 Å². The van der Waals surface area contributed by atoms with E-state index in [1.165, 1.54) is 35.0 Å². The summed E-state index contributed by atoms with van der Waals surface area (Å²) in [6.45, 7) is -0.167. The maximum Gasteiger partial charge on any atom is 0.326 e. The highest BCUT2D eigenvalue weighted by molar-refractivity contribution is 7.98. The number of hydrogen-bond acceptors (Lipinski definition) is 5. The molecule has 2 N–H and O–H groups in total. The number of thioether (sulfide) groups is 1. The Morgan fingerprint density at radius 3 is 2.71 bits per heavy atom. The van der Waals surface area contributed by atoms with Gasteiger partial charge >= 0.3 is 5.97 Å². The predicted molar refractivity (Wildman–Crippen MR) is 83.8 cm³/mol. The first-order valence-electron chi connectivity index (χ1n) is 6.25. The van der Waals surface area contributed by atoms with E-state index in [-0.39, 0.29) is 12.5 Å². The third kappa shape index (κ3) is 5.76. The molecule has 6 nitrogen and oxygen atoms in total. The van der Waals surface area contributed by atoms with E-state index >= 15 is 0 Å². The lowest BCUT2D eigenvalue weighted by Gasteiger charge is -2.18. The van der Waals surface area contributed by atoms with Crippen molar-refractivity contribution in [2.75, 3.05) is 25.6 Å². The fourth-order valence-corrected chi connectivity index (χ4v) is 2.80. The van der Waals surface area contributed by atoms with Crippen molar-refractivity contribution in [1.82, 2.24) is 10.2 Å². The molecule has 1 rings (SSSR count). The van der Waals surface area contributed by atoms with Crippen LogP contribution in [0.3, 0.4) is 0 Å². The number of carboxylic acid groups (broad SMARTS) is 1. The lowest BCUT2D eigenvalue weighted by molar-refractivity contribution is -0.141. The molecule has 2 amide bonds. The summed E-state index contributed by atoms with van der Waals surface area (Å²) in [5.41, 5.74) is 0. The first-order chi connectivity index (χ1) is 9.95. The van der Waals surface area contributed by atoms with Crippen molar-refractivity contribution >= 4 is 40.9 Å². The van der Waals surface area contributed by atoms with E-state index in [4.69, 9.17) is 5.11 Å². The van der Waals surface area contributed by atoms with Crippen LogP contribution < -0.4 is 5.32 Å². The Balaban J connectivity index is 2.51. The summed E-state index contributed by atoms with van der Waals surface area (Å²) in [6, 6.07) is 2.52. The maximum absolute atomic E-state index is 12.0. The summed E-state index contributed by atoms with van der Waals surface area (Å²) in [5, 5.41) is 13.3. The van der Waals surface area contributed by atoms with Crippen LogP contribution in [0.15, 0.2) is 17.5 Å². The van der Waals surface area contributed by atoms with Crippen LogP contribution in [0.1, 0.15) is 16.1 Å². The normalized spacial score (nSPS) is 11.7. The summed E-state index contributed by atoms with van der Waals surface area (Å²) < 4.78 is 0. The molecule has 0 spiro atoms. The lowest BCUT2D eigenvalue weighted by atomic mass is 10.2. The van der Waals surface area contributed by atoms with Crippen LogP contribution in [0.25, 0.3) is 0 Å². The second-order valence-corrected chi connectivity index (χ2v) is 6.31. The molecular weight excluding hydrogens is 312 g/mol. The average molecular weight is 330 g/mol. The van der Waals surface area contributed by atoms with E-state index in [2.05, 4.69) is 5.32 Å². The van der Waals surface area contributed by atoms with Crippen LogP contribution in [0.4, 0.5) is 0 Å². The molecule has 21 heavy (non-hydrogen) atoms. The highest BCUT2D eigenvalue weighted by Gasteiger charge is 2.21. The first kappa shape index (κ1) is 17.5. The molecule has 0 aromatic carbocycles. The van der Waals surface area contributed by atoms with Gasteiger partial charge in [-0.3, -0.25) is 9.59 Å². The highest BCUT2D eigenvalue weighted by atomic mass is 32.2. The lowest BCUT2D eigenvalue weighted by Crippen LogP contribution is -2.46. The van der Waals surface area contributed by atoms with Crippen LogP contribution in [0, 0.1) is 0 Å². The number of rotatable bonds is 8. The van der Waals surface area contributed by atoms with E-state index in [9.17, 15) is 14.4 Å². The Bertz CT molecular complexity index is 490. The van der Waals surface area contributed by atoms with Gasteiger partial charge in [0.2, 0.25) is 5.91 Å². The van der Waals surface area contributed by atoms with Gasteiger partial charge < -0.3 is 15.3 Å². The fraction of sp³-hybridized carbons (Fsp3) is 0.462. The molecular formula is C13H18N2O4S2. The molecule has 0 saturated carbocycles. The third-order valence-electron chi connectivity index (χ3n) is 2.70. The Morgan fingerprint density at radius 2 is 2.19 bits per heavy atom. The summed E-state index contributed by atoms with van der Waals surface area (Å²) in [7, 11) is 1.51. The van der Waals surface area contributed by atoms with Gasteiger partial charge in [-0.2, -0.15) is 11.8 Å².